The first kappa shape index (κ1) is 21.2. The third kappa shape index (κ3) is 4.58. The molecule has 3 rings (SSSR count). The minimum atomic E-state index is -1.38. The number of nitrogens with zero attached hydrogens (tertiary/aromatic N) is 1. The summed E-state index contributed by atoms with van der Waals surface area (Å²) in [4.78, 5) is 25.8. The molecule has 154 valence electrons. The number of ether oxygens (including phenoxy) is 1. The van der Waals surface area contributed by atoms with Gasteiger partial charge in [-0.05, 0) is 36.8 Å². The van der Waals surface area contributed by atoms with Crippen LogP contribution < -0.4 is 5.73 Å². The van der Waals surface area contributed by atoms with Crippen molar-refractivity contribution < 1.29 is 23.1 Å². The first-order valence-electron chi connectivity index (χ1n) is 9.21. The van der Waals surface area contributed by atoms with Crippen LogP contribution >= 0.6 is 15.9 Å². The van der Waals surface area contributed by atoms with Gasteiger partial charge in [-0.3, -0.25) is 4.79 Å². The fourth-order valence-electron chi connectivity index (χ4n) is 3.63. The number of benzene rings is 2. The summed E-state index contributed by atoms with van der Waals surface area (Å²) in [5, 5.41) is 0. The van der Waals surface area contributed by atoms with E-state index in [4.69, 9.17) is 10.5 Å². The Kier molecular flexibility index (Phi) is 6.21. The molecule has 8 heteroatoms. The molecule has 2 aromatic rings. The van der Waals surface area contributed by atoms with Gasteiger partial charge in [0, 0.05) is 41.9 Å². The molecular weight excluding hydrogens is 446 g/mol. The molecular formula is C21H21BrF2N2O3. The van der Waals surface area contributed by atoms with Crippen LogP contribution in [0, 0.1) is 11.6 Å². The molecule has 0 radical (unpaired) electrons. The number of hydrogen-bond acceptors (Lipinski definition) is 3. The highest BCUT2D eigenvalue weighted by atomic mass is 79.9. The molecule has 1 aliphatic heterocycles. The smallest absolute Gasteiger partial charge is 0.411 e. The summed E-state index contributed by atoms with van der Waals surface area (Å²) in [5.41, 5.74) is 4.85. The van der Waals surface area contributed by atoms with E-state index >= 15 is 0 Å². The zero-order valence-corrected chi connectivity index (χ0v) is 17.4. The Hall–Kier alpha value is -2.48. The van der Waals surface area contributed by atoms with Crippen molar-refractivity contribution in [3.63, 3.8) is 0 Å². The summed E-state index contributed by atoms with van der Waals surface area (Å²) < 4.78 is 34.5. The fourth-order valence-corrected chi connectivity index (χ4v) is 3.89. The normalized spacial score (nSPS) is 20.3. The Labute approximate surface area is 176 Å². The molecule has 0 saturated carbocycles. The zero-order valence-electron chi connectivity index (χ0n) is 15.8. The Balaban J connectivity index is 1.88. The minimum Gasteiger partial charge on any atom is -0.438 e. The van der Waals surface area contributed by atoms with Crippen molar-refractivity contribution in [2.24, 2.45) is 5.73 Å². The summed E-state index contributed by atoms with van der Waals surface area (Å²) in [6.45, 7) is 2.16. The molecule has 2 aromatic carbocycles. The van der Waals surface area contributed by atoms with E-state index in [2.05, 4.69) is 15.9 Å². The molecule has 0 aromatic heterocycles. The van der Waals surface area contributed by atoms with Crippen LogP contribution in [0.3, 0.4) is 0 Å². The van der Waals surface area contributed by atoms with Crippen molar-refractivity contribution in [1.29, 1.82) is 0 Å². The zero-order chi connectivity index (χ0) is 21.2. The van der Waals surface area contributed by atoms with Crippen molar-refractivity contribution in [3.05, 3.63) is 69.7 Å². The highest BCUT2D eigenvalue weighted by Crippen LogP contribution is 2.41. The van der Waals surface area contributed by atoms with Gasteiger partial charge in [-0.1, -0.05) is 28.1 Å². The SMILES string of the molecule is C[C@@H](c1ccc(Br)cc1)N1CC[C@@](CCC(N)=O)(c2ccc(F)cc2F)OC1=O. The molecule has 0 aliphatic carbocycles. The molecule has 2 atom stereocenters. The summed E-state index contributed by atoms with van der Waals surface area (Å²) >= 11 is 3.38. The highest BCUT2D eigenvalue weighted by Gasteiger charge is 2.45. The van der Waals surface area contributed by atoms with E-state index in [1.807, 2.05) is 31.2 Å². The molecule has 0 unspecified atom stereocenters. The molecule has 0 spiro atoms. The van der Waals surface area contributed by atoms with E-state index in [0.717, 1.165) is 22.2 Å². The van der Waals surface area contributed by atoms with Crippen LogP contribution in [-0.2, 0) is 15.1 Å². The van der Waals surface area contributed by atoms with E-state index in [1.54, 1.807) is 4.90 Å². The third-order valence-corrected chi connectivity index (χ3v) is 5.82. The van der Waals surface area contributed by atoms with Crippen LogP contribution in [0.4, 0.5) is 13.6 Å². The molecule has 1 fully saturated rings. The van der Waals surface area contributed by atoms with Gasteiger partial charge in [0.1, 0.15) is 17.2 Å². The lowest BCUT2D eigenvalue weighted by Gasteiger charge is -2.43. The standard InChI is InChI=1S/C21H21BrF2N2O3/c1-13(14-2-4-15(22)5-3-14)26-11-10-21(29-20(26)28,9-8-19(25)27)17-7-6-16(23)12-18(17)24/h2-7,12-13H,8-11H2,1H3,(H2,25,27)/t13-,21-/m0/s1. The van der Waals surface area contributed by atoms with E-state index < -0.39 is 29.2 Å². The lowest BCUT2D eigenvalue weighted by molar-refractivity contribution is -0.121. The van der Waals surface area contributed by atoms with Gasteiger partial charge in [0.05, 0.1) is 6.04 Å². The van der Waals surface area contributed by atoms with Gasteiger partial charge in [-0.15, -0.1) is 0 Å². The average molecular weight is 467 g/mol. The molecule has 1 saturated heterocycles. The van der Waals surface area contributed by atoms with Gasteiger partial charge >= 0.3 is 6.09 Å². The quantitative estimate of drug-likeness (QED) is 0.664. The summed E-state index contributed by atoms with van der Waals surface area (Å²) in [6.07, 6.45) is -0.446. The highest BCUT2D eigenvalue weighted by molar-refractivity contribution is 9.10. The fraction of sp³-hybridized carbons (Fsp3) is 0.333. The molecule has 1 aliphatic rings. The minimum absolute atomic E-state index is 0.0249. The van der Waals surface area contributed by atoms with Gasteiger partial charge in [-0.2, -0.15) is 0 Å². The van der Waals surface area contributed by atoms with Crippen molar-refractivity contribution in [2.45, 2.75) is 37.8 Å². The summed E-state index contributed by atoms with van der Waals surface area (Å²) in [6, 6.07) is 10.4. The Morgan fingerprint density at radius 3 is 2.55 bits per heavy atom. The number of carbonyl (C=O) groups excluding carboxylic acids is 2. The Morgan fingerprint density at radius 1 is 1.28 bits per heavy atom. The van der Waals surface area contributed by atoms with Crippen molar-refractivity contribution in [3.8, 4) is 0 Å². The van der Waals surface area contributed by atoms with Crippen molar-refractivity contribution in [1.82, 2.24) is 4.90 Å². The number of nitrogens with two attached hydrogens (primary N) is 1. The van der Waals surface area contributed by atoms with Crippen LogP contribution in [0.5, 0.6) is 0 Å². The van der Waals surface area contributed by atoms with Crippen LogP contribution in [0.25, 0.3) is 0 Å². The summed E-state index contributed by atoms with van der Waals surface area (Å²) in [7, 11) is 0. The van der Waals surface area contributed by atoms with Crippen LogP contribution in [0.15, 0.2) is 46.9 Å². The van der Waals surface area contributed by atoms with Crippen molar-refractivity contribution >= 4 is 27.9 Å². The number of amides is 2. The largest absolute Gasteiger partial charge is 0.438 e. The summed E-state index contributed by atoms with van der Waals surface area (Å²) in [5.74, 6) is -2.14. The molecule has 0 bridgehead atoms. The number of halogens is 3. The number of hydrogen-bond donors (Lipinski definition) is 1. The first-order valence-corrected chi connectivity index (χ1v) is 10.00. The number of primary amides is 1. The van der Waals surface area contributed by atoms with E-state index in [1.165, 1.54) is 6.07 Å². The maximum absolute atomic E-state index is 14.5. The second-order valence-corrected chi connectivity index (χ2v) is 8.04. The lowest BCUT2D eigenvalue weighted by atomic mass is 9.84. The molecule has 2 amide bonds. The monoisotopic (exact) mass is 466 g/mol. The number of rotatable bonds is 6. The Morgan fingerprint density at radius 2 is 1.97 bits per heavy atom. The molecule has 2 N–H and O–H groups in total. The number of carbonyl (C=O) groups is 2. The van der Waals surface area contributed by atoms with Crippen molar-refractivity contribution in [2.75, 3.05) is 6.54 Å². The molecule has 29 heavy (non-hydrogen) atoms. The Bertz CT molecular complexity index is 923. The number of cyclic esters (lactones) is 1. The van der Waals surface area contributed by atoms with Crippen LogP contribution in [0.1, 0.15) is 43.4 Å². The van der Waals surface area contributed by atoms with Gasteiger partial charge in [0.25, 0.3) is 0 Å². The van der Waals surface area contributed by atoms with Gasteiger partial charge in [0.15, 0.2) is 0 Å². The van der Waals surface area contributed by atoms with Crippen LogP contribution in [-0.4, -0.2) is 23.4 Å². The predicted molar refractivity (Wildman–Crippen MR) is 107 cm³/mol. The third-order valence-electron chi connectivity index (χ3n) is 5.29. The average Bonchev–Trinajstić information content (AvgIpc) is 2.66. The maximum atomic E-state index is 14.5. The lowest BCUT2D eigenvalue weighted by Crippen LogP contribution is -2.49. The topological polar surface area (TPSA) is 72.6 Å². The first-order chi connectivity index (χ1) is 13.7. The van der Waals surface area contributed by atoms with E-state index in [-0.39, 0.29) is 37.4 Å². The predicted octanol–water partition coefficient (Wildman–Crippen LogP) is 4.79. The molecule has 1 heterocycles. The van der Waals surface area contributed by atoms with E-state index in [0.29, 0.717) is 0 Å². The second kappa shape index (κ2) is 8.49. The second-order valence-electron chi connectivity index (χ2n) is 7.12. The van der Waals surface area contributed by atoms with Gasteiger partial charge in [-0.25, -0.2) is 13.6 Å². The molecule has 5 nitrogen and oxygen atoms in total. The van der Waals surface area contributed by atoms with Gasteiger partial charge < -0.3 is 15.4 Å². The van der Waals surface area contributed by atoms with Gasteiger partial charge in [0.2, 0.25) is 5.91 Å². The maximum Gasteiger partial charge on any atom is 0.411 e. The van der Waals surface area contributed by atoms with E-state index in [9.17, 15) is 18.4 Å². The van der Waals surface area contributed by atoms with Crippen LogP contribution in [0.2, 0.25) is 0 Å².